The molecule has 216 valence electrons. The van der Waals surface area contributed by atoms with Gasteiger partial charge in [0.1, 0.15) is 23.3 Å². The highest BCUT2D eigenvalue weighted by molar-refractivity contribution is 5.96. The molecule has 3 N–H and O–H groups in total. The minimum Gasteiger partial charge on any atom is -0.395 e. The zero-order valence-corrected chi connectivity index (χ0v) is 24.8. The minimum atomic E-state index is 0.0369. The Kier molecular flexibility index (Phi) is 9.45. The van der Waals surface area contributed by atoms with Crippen LogP contribution in [-0.4, -0.2) is 44.7 Å². The lowest BCUT2D eigenvalue weighted by Gasteiger charge is -2.21. The zero-order chi connectivity index (χ0) is 28.8. The molecule has 1 unspecified atom stereocenters. The molecule has 1 saturated carbocycles. The quantitative estimate of drug-likeness (QED) is 0.165. The molecule has 4 aromatic rings. The van der Waals surface area contributed by atoms with Gasteiger partial charge in [-0.2, -0.15) is 0 Å². The third-order valence-electron chi connectivity index (χ3n) is 8.34. The molecule has 1 atom stereocenters. The summed E-state index contributed by atoms with van der Waals surface area (Å²) >= 11 is 0. The molecule has 0 radical (unpaired) electrons. The Morgan fingerprint density at radius 1 is 0.878 bits per heavy atom. The highest BCUT2D eigenvalue weighted by atomic mass is 16.3. The fourth-order valence-corrected chi connectivity index (χ4v) is 6.04. The van der Waals surface area contributed by atoms with Crippen molar-refractivity contribution < 1.29 is 5.11 Å². The second kappa shape index (κ2) is 13.4. The topological polar surface area (TPSA) is 95.9 Å². The maximum Gasteiger partial charge on any atom is 0.137 e. The average Bonchev–Trinajstić information content (AvgIpc) is 3.02. The standard InChI is InChI=1S/C34H44N6O/c1-5-11-23(6-2)31-37-30-17-15-26(21-28(30)34(39-31)36-18-19-41)22(4)25-14-16-29-27(20-25)33(35-7-3)40-32(38-29)24-12-9-8-10-13-24/h14-17,20-21,23-24,41H,4-13,18-19H2,1-3H3,(H,35,38,40)(H,36,37,39). The fourth-order valence-electron chi connectivity index (χ4n) is 6.04. The van der Waals surface area contributed by atoms with E-state index in [4.69, 9.17) is 19.9 Å². The monoisotopic (exact) mass is 552 g/mol. The first-order valence-corrected chi connectivity index (χ1v) is 15.5. The molecule has 5 rings (SSSR count). The van der Waals surface area contributed by atoms with Gasteiger partial charge in [-0.15, -0.1) is 0 Å². The number of rotatable bonds is 12. The molecular weight excluding hydrogens is 508 g/mol. The van der Waals surface area contributed by atoms with E-state index < -0.39 is 0 Å². The van der Waals surface area contributed by atoms with Gasteiger partial charge in [0.25, 0.3) is 0 Å². The van der Waals surface area contributed by atoms with Crippen LogP contribution >= 0.6 is 0 Å². The second-order valence-electron chi connectivity index (χ2n) is 11.2. The van der Waals surface area contributed by atoms with Crippen molar-refractivity contribution in [2.75, 3.05) is 30.3 Å². The van der Waals surface area contributed by atoms with Crippen LogP contribution in [0.5, 0.6) is 0 Å². The third-order valence-corrected chi connectivity index (χ3v) is 8.34. The number of aromatic nitrogens is 4. The molecule has 0 aliphatic heterocycles. The van der Waals surface area contributed by atoms with Gasteiger partial charge in [0, 0.05) is 35.7 Å². The normalized spacial score (nSPS) is 14.8. The largest absolute Gasteiger partial charge is 0.395 e. The van der Waals surface area contributed by atoms with Crippen LogP contribution in [0.15, 0.2) is 43.0 Å². The Morgan fingerprint density at radius 3 is 2.15 bits per heavy atom. The molecule has 0 bridgehead atoms. The van der Waals surface area contributed by atoms with Crippen molar-refractivity contribution in [3.8, 4) is 0 Å². The van der Waals surface area contributed by atoms with Crippen LogP contribution in [0.4, 0.5) is 11.6 Å². The summed E-state index contributed by atoms with van der Waals surface area (Å²) in [6.07, 6.45) is 9.32. The predicted molar refractivity (Wildman–Crippen MR) is 171 cm³/mol. The van der Waals surface area contributed by atoms with Crippen LogP contribution in [0.3, 0.4) is 0 Å². The van der Waals surface area contributed by atoms with Crippen LogP contribution < -0.4 is 10.6 Å². The van der Waals surface area contributed by atoms with Gasteiger partial charge in [-0.1, -0.05) is 58.2 Å². The maximum atomic E-state index is 9.50. The molecule has 0 spiro atoms. The molecule has 2 heterocycles. The first kappa shape index (κ1) is 28.9. The van der Waals surface area contributed by atoms with E-state index >= 15 is 0 Å². The highest BCUT2D eigenvalue weighted by Crippen LogP contribution is 2.35. The lowest BCUT2D eigenvalue weighted by Crippen LogP contribution is -2.12. The smallest absolute Gasteiger partial charge is 0.137 e. The van der Waals surface area contributed by atoms with Crippen LogP contribution in [0.2, 0.25) is 0 Å². The van der Waals surface area contributed by atoms with E-state index in [1.54, 1.807) is 0 Å². The summed E-state index contributed by atoms with van der Waals surface area (Å²) in [5.41, 5.74) is 4.83. The lowest BCUT2D eigenvalue weighted by atomic mass is 9.88. The average molecular weight is 553 g/mol. The Balaban J connectivity index is 1.52. The number of hydrogen-bond acceptors (Lipinski definition) is 7. The van der Waals surface area contributed by atoms with E-state index in [9.17, 15) is 5.11 Å². The number of benzene rings is 2. The molecule has 2 aromatic heterocycles. The second-order valence-corrected chi connectivity index (χ2v) is 11.2. The van der Waals surface area contributed by atoms with E-state index in [-0.39, 0.29) is 6.61 Å². The number of nitrogens with one attached hydrogen (secondary N) is 2. The summed E-state index contributed by atoms with van der Waals surface area (Å²) in [6, 6.07) is 12.6. The molecule has 1 aliphatic rings. The van der Waals surface area contributed by atoms with Crippen molar-refractivity contribution in [3.63, 3.8) is 0 Å². The fraction of sp³-hybridized carbons (Fsp3) is 0.471. The van der Waals surface area contributed by atoms with Gasteiger partial charge in [0.05, 0.1) is 17.6 Å². The SMILES string of the molecule is C=C(c1ccc2nc(C(CC)CCC)nc(NCCO)c2c1)c1ccc2nc(C3CCCCC3)nc(NCC)c2c1. The Hall–Kier alpha value is -3.58. The van der Waals surface area contributed by atoms with Crippen molar-refractivity contribution in [2.24, 2.45) is 0 Å². The molecular formula is C34H44N6O. The Labute approximate surface area is 243 Å². The van der Waals surface area contributed by atoms with E-state index in [2.05, 4.69) is 74.4 Å². The summed E-state index contributed by atoms with van der Waals surface area (Å²) in [4.78, 5) is 19.9. The van der Waals surface area contributed by atoms with E-state index in [0.717, 1.165) is 87.6 Å². The number of aliphatic hydroxyl groups excluding tert-OH is 1. The Morgan fingerprint density at radius 2 is 1.54 bits per heavy atom. The summed E-state index contributed by atoms with van der Waals surface area (Å²) in [5.74, 6) is 4.27. The molecule has 1 aliphatic carbocycles. The van der Waals surface area contributed by atoms with Crippen LogP contribution in [-0.2, 0) is 0 Å². The highest BCUT2D eigenvalue weighted by Gasteiger charge is 2.21. The van der Waals surface area contributed by atoms with Gasteiger partial charge in [0.15, 0.2) is 0 Å². The number of hydrogen-bond donors (Lipinski definition) is 3. The van der Waals surface area contributed by atoms with E-state index in [1.165, 1.54) is 32.1 Å². The molecule has 0 saturated heterocycles. The van der Waals surface area contributed by atoms with Crippen molar-refractivity contribution in [1.29, 1.82) is 0 Å². The van der Waals surface area contributed by atoms with Crippen molar-refractivity contribution in [1.82, 2.24) is 19.9 Å². The predicted octanol–water partition coefficient (Wildman–Crippen LogP) is 7.81. The van der Waals surface area contributed by atoms with Crippen LogP contribution in [0.25, 0.3) is 27.4 Å². The van der Waals surface area contributed by atoms with Crippen LogP contribution in [0, 0.1) is 0 Å². The Bertz CT molecular complexity index is 1510. The van der Waals surface area contributed by atoms with Gasteiger partial charge in [-0.3, -0.25) is 0 Å². The van der Waals surface area contributed by atoms with Crippen molar-refractivity contribution >= 4 is 39.0 Å². The number of fused-ring (bicyclic) bond motifs is 2. The zero-order valence-electron chi connectivity index (χ0n) is 24.8. The summed E-state index contributed by atoms with van der Waals surface area (Å²) in [7, 11) is 0. The summed E-state index contributed by atoms with van der Waals surface area (Å²) < 4.78 is 0. The van der Waals surface area contributed by atoms with E-state index in [1.807, 2.05) is 0 Å². The summed E-state index contributed by atoms with van der Waals surface area (Å²) in [5, 5.41) is 18.3. The van der Waals surface area contributed by atoms with E-state index in [0.29, 0.717) is 18.4 Å². The molecule has 7 heteroatoms. The molecule has 1 fully saturated rings. The van der Waals surface area contributed by atoms with Crippen molar-refractivity contribution in [2.45, 2.75) is 84.0 Å². The van der Waals surface area contributed by atoms with Crippen molar-refractivity contribution in [3.05, 3.63) is 65.8 Å². The number of anilines is 2. The molecule has 0 amide bonds. The van der Waals surface area contributed by atoms with Crippen LogP contribution in [0.1, 0.15) is 107 Å². The molecule has 7 nitrogen and oxygen atoms in total. The molecule has 2 aromatic carbocycles. The van der Waals surface area contributed by atoms with Gasteiger partial charge >= 0.3 is 0 Å². The van der Waals surface area contributed by atoms with Gasteiger partial charge in [-0.25, -0.2) is 19.9 Å². The van der Waals surface area contributed by atoms with Gasteiger partial charge in [-0.05, 0) is 73.6 Å². The van der Waals surface area contributed by atoms with Gasteiger partial charge in [0.2, 0.25) is 0 Å². The lowest BCUT2D eigenvalue weighted by molar-refractivity contribution is 0.311. The number of aliphatic hydroxyl groups is 1. The number of nitrogens with zero attached hydrogens (tertiary/aromatic N) is 4. The third kappa shape index (κ3) is 6.35. The van der Waals surface area contributed by atoms with Gasteiger partial charge < -0.3 is 15.7 Å². The minimum absolute atomic E-state index is 0.0369. The first-order chi connectivity index (χ1) is 20.1. The molecule has 41 heavy (non-hydrogen) atoms. The summed E-state index contributed by atoms with van der Waals surface area (Å²) in [6.45, 7) is 12.2. The maximum absolute atomic E-state index is 9.50. The first-order valence-electron chi connectivity index (χ1n) is 15.5.